The number of aromatic amines is 2. The first-order valence-corrected chi connectivity index (χ1v) is 14.8. The lowest BCUT2D eigenvalue weighted by Crippen LogP contribution is -2.16. The van der Waals surface area contributed by atoms with Gasteiger partial charge in [0.2, 0.25) is 11.8 Å². The van der Waals surface area contributed by atoms with Crippen molar-refractivity contribution in [2.75, 3.05) is 22.1 Å². The molecule has 0 fully saturated rings. The van der Waals surface area contributed by atoms with Crippen molar-refractivity contribution in [3.8, 4) is 0 Å². The Kier molecular flexibility index (Phi) is 10.3. The molecule has 0 aliphatic heterocycles. The molecular weight excluding hydrogens is 607 g/mol. The highest BCUT2D eigenvalue weighted by Crippen LogP contribution is 2.28. The van der Waals surface area contributed by atoms with E-state index in [1.165, 1.54) is 12.1 Å². The largest absolute Gasteiger partial charge is 0.324 e. The number of halogens is 2. The fraction of sp³-hybridized carbons (Fsp3) is 0.185. The normalized spacial score (nSPS) is 10.8. The SMILES string of the molecule is Cc1cc(=O)[nH]c(SCC(=O)Nc2ccc(Cc3ccc(NC(=O)CSc4nc(C)cc(=O)[nH]4)c(Cl)c3)cc2Cl)n1. The lowest BCUT2D eigenvalue weighted by molar-refractivity contribution is -0.114. The average molecular weight is 632 g/mol. The van der Waals surface area contributed by atoms with E-state index in [-0.39, 0.29) is 34.4 Å². The van der Waals surface area contributed by atoms with Crippen LogP contribution in [0.15, 0.2) is 68.4 Å². The molecule has 0 saturated carbocycles. The van der Waals surface area contributed by atoms with Crippen molar-refractivity contribution in [3.05, 3.63) is 102 Å². The predicted molar refractivity (Wildman–Crippen MR) is 164 cm³/mol. The van der Waals surface area contributed by atoms with E-state index >= 15 is 0 Å². The highest BCUT2D eigenvalue weighted by molar-refractivity contribution is 8.00. The molecule has 2 heterocycles. The van der Waals surface area contributed by atoms with E-state index in [0.29, 0.717) is 49.5 Å². The zero-order chi connectivity index (χ0) is 29.5. The molecule has 14 heteroatoms. The molecule has 0 aliphatic carbocycles. The topological polar surface area (TPSA) is 150 Å². The van der Waals surface area contributed by atoms with Gasteiger partial charge >= 0.3 is 0 Å². The maximum atomic E-state index is 12.4. The van der Waals surface area contributed by atoms with Gasteiger partial charge < -0.3 is 20.6 Å². The highest BCUT2D eigenvalue weighted by Gasteiger charge is 2.12. The number of anilines is 2. The van der Waals surface area contributed by atoms with E-state index < -0.39 is 0 Å². The Morgan fingerprint density at radius 3 is 1.51 bits per heavy atom. The van der Waals surface area contributed by atoms with Crippen LogP contribution in [0.1, 0.15) is 22.5 Å². The summed E-state index contributed by atoms with van der Waals surface area (Å²) in [5.74, 6) is -0.486. The third kappa shape index (κ3) is 9.22. The number of H-pyrrole nitrogens is 2. The minimum absolute atomic E-state index is 0.0485. The summed E-state index contributed by atoms with van der Waals surface area (Å²) in [6.07, 6.45) is 0.520. The van der Waals surface area contributed by atoms with Crippen LogP contribution >= 0.6 is 46.7 Å². The van der Waals surface area contributed by atoms with Crippen LogP contribution in [-0.2, 0) is 16.0 Å². The van der Waals surface area contributed by atoms with E-state index in [4.69, 9.17) is 23.2 Å². The Hall–Kier alpha value is -3.58. The summed E-state index contributed by atoms with van der Waals surface area (Å²) in [5, 5.41) is 7.02. The standard InChI is InChI=1S/C27H24Cl2N6O4S2/c1-14-7-22(36)34-26(30-14)40-12-24(38)32-20-5-3-16(10-18(20)28)9-17-4-6-21(19(29)11-17)33-25(39)13-41-27-31-15(2)8-23(37)35-27/h3-8,10-11H,9,12-13H2,1-2H3,(H,32,38)(H,33,39)(H,30,34,36)(H,31,35,37). The lowest BCUT2D eigenvalue weighted by atomic mass is 10.0. The molecule has 4 rings (SSSR count). The zero-order valence-electron chi connectivity index (χ0n) is 21.8. The Morgan fingerprint density at radius 1 is 0.732 bits per heavy atom. The first-order valence-electron chi connectivity index (χ1n) is 12.1. The summed E-state index contributed by atoms with van der Waals surface area (Å²) in [6.45, 7) is 3.41. The minimum atomic E-state index is -0.292. The molecule has 4 N–H and O–H groups in total. The lowest BCUT2D eigenvalue weighted by Gasteiger charge is -2.11. The molecule has 10 nitrogen and oxygen atoms in total. The number of nitrogens with zero attached hydrogens (tertiary/aromatic N) is 2. The number of hydrogen-bond donors (Lipinski definition) is 4. The molecule has 2 aromatic heterocycles. The molecule has 0 atom stereocenters. The number of nitrogens with one attached hydrogen (secondary N) is 4. The third-order valence-corrected chi connectivity index (χ3v) is 7.77. The Labute approximate surface area is 253 Å². The first-order chi connectivity index (χ1) is 19.5. The van der Waals surface area contributed by atoms with E-state index in [9.17, 15) is 19.2 Å². The molecule has 2 amide bonds. The van der Waals surface area contributed by atoms with Crippen molar-refractivity contribution in [2.24, 2.45) is 0 Å². The summed E-state index contributed by atoms with van der Waals surface area (Å²) in [6, 6.07) is 13.4. The fourth-order valence-electron chi connectivity index (χ4n) is 3.66. The fourth-order valence-corrected chi connectivity index (χ4v) is 5.60. The third-order valence-electron chi connectivity index (χ3n) is 5.40. The van der Waals surface area contributed by atoms with Crippen molar-refractivity contribution in [1.29, 1.82) is 0 Å². The van der Waals surface area contributed by atoms with Gasteiger partial charge in [-0.3, -0.25) is 19.2 Å². The van der Waals surface area contributed by atoms with Crippen LogP contribution in [0.25, 0.3) is 0 Å². The highest BCUT2D eigenvalue weighted by atomic mass is 35.5. The maximum Gasteiger partial charge on any atom is 0.251 e. The van der Waals surface area contributed by atoms with Crippen LogP contribution in [0.4, 0.5) is 11.4 Å². The number of benzene rings is 2. The van der Waals surface area contributed by atoms with Gasteiger partial charge in [-0.15, -0.1) is 0 Å². The maximum absolute atomic E-state index is 12.4. The molecular formula is C27H24Cl2N6O4S2. The van der Waals surface area contributed by atoms with Gasteiger partial charge in [0.05, 0.1) is 32.9 Å². The molecule has 2 aromatic carbocycles. The van der Waals surface area contributed by atoms with Crippen molar-refractivity contribution >= 4 is 69.9 Å². The Balaban J connectivity index is 1.30. The van der Waals surface area contributed by atoms with Gasteiger partial charge in [-0.1, -0.05) is 58.9 Å². The summed E-state index contributed by atoms with van der Waals surface area (Å²) in [4.78, 5) is 61.5. The minimum Gasteiger partial charge on any atom is -0.324 e. The molecule has 0 bridgehead atoms. The number of aryl methyl sites for hydroxylation is 2. The molecule has 41 heavy (non-hydrogen) atoms. The average Bonchev–Trinajstić information content (AvgIpc) is 2.88. The van der Waals surface area contributed by atoms with E-state index in [0.717, 1.165) is 34.7 Å². The second kappa shape index (κ2) is 13.9. The van der Waals surface area contributed by atoms with Gasteiger partial charge in [0, 0.05) is 23.5 Å². The molecule has 0 spiro atoms. The van der Waals surface area contributed by atoms with Gasteiger partial charge in [0.25, 0.3) is 11.1 Å². The first kappa shape index (κ1) is 30.4. The number of carbonyl (C=O) groups excluding carboxylic acids is 2. The van der Waals surface area contributed by atoms with Crippen molar-refractivity contribution < 1.29 is 9.59 Å². The van der Waals surface area contributed by atoms with E-state index in [1.54, 1.807) is 38.1 Å². The van der Waals surface area contributed by atoms with Gasteiger partial charge in [0.15, 0.2) is 10.3 Å². The number of aromatic nitrogens is 4. The van der Waals surface area contributed by atoms with Crippen LogP contribution in [0.5, 0.6) is 0 Å². The smallest absolute Gasteiger partial charge is 0.251 e. The summed E-state index contributed by atoms with van der Waals surface area (Å²) >= 11 is 15.1. The summed E-state index contributed by atoms with van der Waals surface area (Å²) in [5.41, 5.74) is 3.31. The summed E-state index contributed by atoms with van der Waals surface area (Å²) in [7, 11) is 0. The Morgan fingerprint density at radius 2 is 1.15 bits per heavy atom. The van der Waals surface area contributed by atoms with Crippen LogP contribution in [0.2, 0.25) is 10.0 Å². The Bertz CT molecular complexity index is 1600. The molecule has 4 aromatic rings. The van der Waals surface area contributed by atoms with Crippen molar-refractivity contribution in [3.63, 3.8) is 0 Å². The van der Waals surface area contributed by atoms with Gasteiger partial charge in [0.1, 0.15) is 0 Å². The number of carbonyl (C=O) groups is 2. The van der Waals surface area contributed by atoms with Gasteiger partial charge in [-0.2, -0.15) is 0 Å². The second-order valence-electron chi connectivity index (χ2n) is 8.86. The second-order valence-corrected chi connectivity index (χ2v) is 11.6. The summed E-state index contributed by atoms with van der Waals surface area (Å²) < 4.78 is 0. The number of amides is 2. The predicted octanol–water partition coefficient (Wildman–Crippen LogP) is 4.83. The van der Waals surface area contributed by atoms with Crippen LogP contribution < -0.4 is 21.8 Å². The number of rotatable bonds is 10. The van der Waals surface area contributed by atoms with Crippen molar-refractivity contribution in [1.82, 2.24) is 19.9 Å². The van der Waals surface area contributed by atoms with Crippen LogP contribution in [0.3, 0.4) is 0 Å². The van der Waals surface area contributed by atoms with E-state index in [2.05, 4.69) is 30.6 Å². The van der Waals surface area contributed by atoms with E-state index in [1.807, 2.05) is 12.1 Å². The molecule has 0 unspecified atom stereocenters. The van der Waals surface area contributed by atoms with Crippen LogP contribution in [-0.4, -0.2) is 43.3 Å². The number of thioether (sulfide) groups is 2. The zero-order valence-corrected chi connectivity index (χ0v) is 25.0. The molecule has 0 saturated heterocycles. The van der Waals surface area contributed by atoms with Gasteiger partial charge in [-0.05, 0) is 55.7 Å². The van der Waals surface area contributed by atoms with Crippen molar-refractivity contribution in [2.45, 2.75) is 30.6 Å². The number of hydrogen-bond acceptors (Lipinski definition) is 8. The molecule has 212 valence electrons. The van der Waals surface area contributed by atoms with Crippen LogP contribution in [0, 0.1) is 13.8 Å². The molecule has 0 radical (unpaired) electrons. The quantitative estimate of drug-likeness (QED) is 0.144. The molecule has 0 aliphatic rings. The van der Waals surface area contributed by atoms with Gasteiger partial charge in [-0.25, -0.2) is 9.97 Å². The monoisotopic (exact) mass is 630 g/mol.